The summed E-state index contributed by atoms with van der Waals surface area (Å²) in [6, 6.07) is 6.54. The Morgan fingerprint density at radius 1 is 1.31 bits per heavy atom. The summed E-state index contributed by atoms with van der Waals surface area (Å²) in [4.78, 5) is 3.40. The van der Waals surface area contributed by atoms with Crippen molar-refractivity contribution in [1.82, 2.24) is 4.98 Å². The number of hydrogen-bond donors (Lipinski definition) is 1. The van der Waals surface area contributed by atoms with Gasteiger partial charge in [-0.1, -0.05) is 38.5 Å². The van der Waals surface area contributed by atoms with Gasteiger partial charge in [-0.3, -0.25) is 0 Å². The molecule has 2 aromatic rings. The van der Waals surface area contributed by atoms with Gasteiger partial charge in [-0.2, -0.15) is 0 Å². The zero-order valence-electron chi connectivity index (χ0n) is 10.5. The van der Waals surface area contributed by atoms with Gasteiger partial charge in [0.05, 0.1) is 0 Å². The SMILES string of the molecule is CCC(C)CCc1c[nH]c2c(C)cccc12. The number of H-pyrrole nitrogens is 1. The summed E-state index contributed by atoms with van der Waals surface area (Å²) in [6.07, 6.45) is 5.94. The van der Waals surface area contributed by atoms with E-state index in [0.717, 1.165) is 5.92 Å². The maximum Gasteiger partial charge on any atom is 0.0486 e. The highest BCUT2D eigenvalue weighted by atomic mass is 14.7. The second kappa shape index (κ2) is 4.73. The van der Waals surface area contributed by atoms with Crippen molar-refractivity contribution in [3.8, 4) is 0 Å². The fourth-order valence-electron chi connectivity index (χ4n) is 2.18. The molecule has 86 valence electrons. The lowest BCUT2D eigenvalue weighted by Crippen LogP contribution is -1.94. The molecule has 1 aromatic heterocycles. The molecule has 0 bridgehead atoms. The van der Waals surface area contributed by atoms with Crippen LogP contribution < -0.4 is 0 Å². The van der Waals surface area contributed by atoms with Gasteiger partial charge in [0.2, 0.25) is 0 Å². The van der Waals surface area contributed by atoms with Crippen LogP contribution in [0.3, 0.4) is 0 Å². The monoisotopic (exact) mass is 215 g/mol. The Morgan fingerprint density at radius 3 is 2.88 bits per heavy atom. The quantitative estimate of drug-likeness (QED) is 0.775. The topological polar surface area (TPSA) is 15.8 Å². The third kappa shape index (κ3) is 2.13. The van der Waals surface area contributed by atoms with E-state index in [1.807, 2.05) is 0 Å². The molecule has 1 heteroatoms. The van der Waals surface area contributed by atoms with Crippen molar-refractivity contribution in [1.29, 1.82) is 0 Å². The smallest absolute Gasteiger partial charge is 0.0486 e. The van der Waals surface area contributed by atoms with Crippen molar-refractivity contribution >= 4 is 10.9 Å². The summed E-state index contributed by atoms with van der Waals surface area (Å²) < 4.78 is 0. The van der Waals surface area contributed by atoms with Crippen LogP contribution in [0.4, 0.5) is 0 Å². The van der Waals surface area contributed by atoms with Gasteiger partial charge in [0.15, 0.2) is 0 Å². The van der Waals surface area contributed by atoms with Gasteiger partial charge in [0.1, 0.15) is 0 Å². The summed E-state index contributed by atoms with van der Waals surface area (Å²) >= 11 is 0. The zero-order chi connectivity index (χ0) is 11.5. The third-order valence-electron chi connectivity index (χ3n) is 3.61. The molecule has 0 aliphatic rings. The van der Waals surface area contributed by atoms with Gasteiger partial charge in [-0.15, -0.1) is 0 Å². The number of nitrogens with one attached hydrogen (secondary N) is 1. The number of rotatable bonds is 4. The number of para-hydroxylation sites is 1. The molecule has 1 nitrogen and oxygen atoms in total. The summed E-state index contributed by atoms with van der Waals surface area (Å²) in [5, 5.41) is 1.41. The van der Waals surface area contributed by atoms with Crippen molar-refractivity contribution in [2.24, 2.45) is 5.92 Å². The molecule has 1 unspecified atom stereocenters. The van der Waals surface area contributed by atoms with Crippen LogP contribution in [-0.2, 0) is 6.42 Å². The lowest BCUT2D eigenvalue weighted by molar-refractivity contribution is 0.517. The van der Waals surface area contributed by atoms with Gasteiger partial charge < -0.3 is 4.98 Å². The van der Waals surface area contributed by atoms with Gasteiger partial charge in [0, 0.05) is 17.1 Å². The molecule has 0 aliphatic heterocycles. The highest BCUT2D eigenvalue weighted by Gasteiger charge is 2.06. The van der Waals surface area contributed by atoms with Crippen LogP contribution in [-0.4, -0.2) is 4.98 Å². The van der Waals surface area contributed by atoms with Crippen LogP contribution in [0.15, 0.2) is 24.4 Å². The Morgan fingerprint density at radius 2 is 2.12 bits per heavy atom. The van der Waals surface area contributed by atoms with Crippen LogP contribution >= 0.6 is 0 Å². The van der Waals surface area contributed by atoms with Crippen LogP contribution in [0.25, 0.3) is 10.9 Å². The van der Waals surface area contributed by atoms with Crippen molar-refractivity contribution in [2.75, 3.05) is 0 Å². The normalized spacial score (nSPS) is 13.2. The standard InChI is InChI=1S/C15H21N/c1-4-11(2)8-9-13-10-16-15-12(3)6-5-7-14(13)15/h5-7,10-11,16H,4,8-9H2,1-3H3. The molecule has 0 saturated carbocycles. The largest absolute Gasteiger partial charge is 0.361 e. The fraction of sp³-hybridized carbons (Fsp3) is 0.467. The van der Waals surface area contributed by atoms with Gasteiger partial charge in [-0.05, 0) is 36.8 Å². The lowest BCUT2D eigenvalue weighted by atomic mass is 9.98. The van der Waals surface area contributed by atoms with Crippen molar-refractivity contribution in [3.63, 3.8) is 0 Å². The van der Waals surface area contributed by atoms with Crippen LogP contribution in [0, 0.1) is 12.8 Å². The van der Waals surface area contributed by atoms with Gasteiger partial charge in [0.25, 0.3) is 0 Å². The number of hydrogen-bond acceptors (Lipinski definition) is 0. The van der Waals surface area contributed by atoms with Crippen LogP contribution in [0.5, 0.6) is 0 Å². The van der Waals surface area contributed by atoms with Crippen molar-refractivity contribution in [3.05, 3.63) is 35.5 Å². The Bertz CT molecular complexity index is 467. The van der Waals surface area contributed by atoms with Gasteiger partial charge in [-0.25, -0.2) is 0 Å². The third-order valence-corrected chi connectivity index (χ3v) is 3.61. The second-order valence-corrected chi connectivity index (χ2v) is 4.86. The summed E-state index contributed by atoms with van der Waals surface area (Å²) in [5.41, 5.74) is 4.12. The molecule has 1 heterocycles. The number of benzene rings is 1. The van der Waals surface area contributed by atoms with Crippen LogP contribution in [0.1, 0.15) is 37.8 Å². The Kier molecular flexibility index (Phi) is 3.33. The maximum absolute atomic E-state index is 3.40. The molecule has 1 atom stereocenters. The molecule has 0 aliphatic carbocycles. The first-order chi connectivity index (χ1) is 7.72. The highest BCUT2D eigenvalue weighted by Crippen LogP contribution is 2.23. The average Bonchev–Trinajstić information content (AvgIpc) is 2.70. The summed E-state index contributed by atoms with van der Waals surface area (Å²) in [5.74, 6) is 0.828. The van der Waals surface area contributed by atoms with E-state index in [1.165, 1.54) is 41.3 Å². The number of fused-ring (bicyclic) bond motifs is 1. The minimum Gasteiger partial charge on any atom is -0.361 e. The predicted molar refractivity (Wildman–Crippen MR) is 70.8 cm³/mol. The van der Waals surface area contributed by atoms with Crippen molar-refractivity contribution in [2.45, 2.75) is 40.0 Å². The van der Waals surface area contributed by atoms with E-state index in [-0.39, 0.29) is 0 Å². The number of aromatic nitrogens is 1. The minimum absolute atomic E-state index is 0.828. The number of aryl methyl sites for hydroxylation is 2. The first-order valence-corrected chi connectivity index (χ1v) is 6.28. The molecule has 16 heavy (non-hydrogen) atoms. The maximum atomic E-state index is 3.40. The van der Waals surface area contributed by atoms with Gasteiger partial charge >= 0.3 is 0 Å². The Balaban J connectivity index is 2.22. The second-order valence-electron chi connectivity index (χ2n) is 4.86. The molecular weight excluding hydrogens is 194 g/mol. The fourth-order valence-corrected chi connectivity index (χ4v) is 2.18. The van der Waals surface area contributed by atoms with E-state index in [1.54, 1.807) is 0 Å². The molecular formula is C15H21N. The van der Waals surface area contributed by atoms with E-state index in [2.05, 4.69) is 50.2 Å². The molecule has 1 N–H and O–H groups in total. The zero-order valence-corrected chi connectivity index (χ0v) is 10.5. The Hall–Kier alpha value is -1.24. The molecule has 0 radical (unpaired) electrons. The lowest BCUT2D eigenvalue weighted by Gasteiger charge is -2.06. The van der Waals surface area contributed by atoms with Crippen molar-refractivity contribution < 1.29 is 0 Å². The molecule has 1 aromatic carbocycles. The van der Waals surface area contributed by atoms with E-state index >= 15 is 0 Å². The molecule has 0 amide bonds. The highest BCUT2D eigenvalue weighted by molar-refractivity contribution is 5.85. The first-order valence-electron chi connectivity index (χ1n) is 6.28. The van der Waals surface area contributed by atoms with E-state index in [0.29, 0.717) is 0 Å². The van der Waals surface area contributed by atoms with E-state index in [4.69, 9.17) is 0 Å². The molecule has 0 spiro atoms. The Labute approximate surface area is 97.9 Å². The predicted octanol–water partition coefficient (Wildman–Crippen LogP) is 4.46. The van der Waals surface area contributed by atoms with E-state index in [9.17, 15) is 0 Å². The molecule has 0 saturated heterocycles. The average molecular weight is 215 g/mol. The molecule has 2 rings (SSSR count). The minimum atomic E-state index is 0.828. The summed E-state index contributed by atoms with van der Waals surface area (Å²) in [7, 11) is 0. The first kappa shape index (κ1) is 11.3. The van der Waals surface area contributed by atoms with Crippen LogP contribution in [0.2, 0.25) is 0 Å². The van der Waals surface area contributed by atoms with E-state index < -0.39 is 0 Å². The number of aromatic amines is 1. The summed E-state index contributed by atoms with van der Waals surface area (Å²) in [6.45, 7) is 6.77. The molecule has 0 fully saturated rings.